The third-order valence-corrected chi connectivity index (χ3v) is 6.68. The van der Waals surface area contributed by atoms with Crippen LogP contribution < -0.4 is 20.9 Å². The van der Waals surface area contributed by atoms with Gasteiger partial charge in [0.2, 0.25) is 0 Å². The van der Waals surface area contributed by atoms with Crippen LogP contribution in [0.15, 0.2) is 66.7 Å². The van der Waals surface area contributed by atoms with Crippen molar-refractivity contribution in [2.75, 3.05) is 28.6 Å². The summed E-state index contributed by atoms with van der Waals surface area (Å²) in [5.74, 6) is -0.170. The lowest BCUT2D eigenvalue weighted by molar-refractivity contribution is 0.0940. The lowest BCUT2D eigenvalue weighted by Gasteiger charge is -2.31. The van der Waals surface area contributed by atoms with Gasteiger partial charge >= 0.3 is 6.03 Å². The van der Waals surface area contributed by atoms with Crippen molar-refractivity contribution in [3.05, 3.63) is 88.4 Å². The first-order valence-corrected chi connectivity index (χ1v) is 12.4. The number of amides is 3. The van der Waals surface area contributed by atoms with Gasteiger partial charge in [-0.3, -0.25) is 4.79 Å². The number of urea groups is 1. The topological polar surface area (TPSA) is 73.5 Å². The van der Waals surface area contributed by atoms with Crippen LogP contribution in [-0.4, -0.2) is 25.0 Å². The van der Waals surface area contributed by atoms with Gasteiger partial charge in [0.05, 0.1) is 11.6 Å². The molecule has 182 valence electrons. The van der Waals surface area contributed by atoms with E-state index in [4.69, 9.17) is 11.6 Å². The molecule has 6 nitrogen and oxygen atoms in total. The first-order chi connectivity index (χ1) is 16.9. The third-order valence-electron chi connectivity index (χ3n) is 6.27. The summed E-state index contributed by atoms with van der Waals surface area (Å²) >= 11 is 6.17. The molecule has 3 aromatic carbocycles. The molecule has 4 rings (SSSR count). The average Bonchev–Trinajstić information content (AvgIpc) is 2.87. The Bertz CT molecular complexity index is 1190. The second-order valence-electron chi connectivity index (χ2n) is 8.93. The quantitative estimate of drug-likeness (QED) is 0.357. The summed E-state index contributed by atoms with van der Waals surface area (Å²) in [7, 11) is 0. The second kappa shape index (κ2) is 11.3. The van der Waals surface area contributed by atoms with E-state index in [-0.39, 0.29) is 11.9 Å². The van der Waals surface area contributed by atoms with Crippen molar-refractivity contribution in [3.8, 4) is 0 Å². The standard InChI is InChI=1S/C28H31ClN4O2/c1-19-11-12-23(18-25(19)29)32-28(35)31-22-13-14-26(33-15-7-4-8-16-33)24(17-22)27(34)30-20(2)21-9-5-3-6-10-21/h3,5-6,9-14,17-18,20H,4,7-8,15-16H2,1-2H3,(H,30,34)(H2,31,32,35). The third kappa shape index (κ3) is 6.34. The molecule has 3 aromatic rings. The van der Waals surface area contributed by atoms with E-state index in [0.29, 0.717) is 22.0 Å². The summed E-state index contributed by atoms with van der Waals surface area (Å²) in [5.41, 5.74) is 4.54. The van der Waals surface area contributed by atoms with Gasteiger partial charge in [0.25, 0.3) is 5.91 Å². The van der Waals surface area contributed by atoms with Gasteiger partial charge in [-0.05, 0) is 74.6 Å². The molecule has 0 aromatic heterocycles. The number of piperidine rings is 1. The fraction of sp³-hybridized carbons (Fsp3) is 0.286. The highest BCUT2D eigenvalue weighted by Gasteiger charge is 2.21. The van der Waals surface area contributed by atoms with Gasteiger partial charge in [-0.2, -0.15) is 0 Å². The molecule has 1 aliphatic rings. The van der Waals surface area contributed by atoms with Crippen LogP contribution in [0.25, 0.3) is 0 Å². The molecule has 0 bridgehead atoms. The monoisotopic (exact) mass is 490 g/mol. The van der Waals surface area contributed by atoms with Crippen molar-refractivity contribution >= 4 is 40.6 Å². The zero-order valence-electron chi connectivity index (χ0n) is 20.1. The molecule has 7 heteroatoms. The first-order valence-electron chi connectivity index (χ1n) is 12.0. The second-order valence-corrected chi connectivity index (χ2v) is 9.34. The Labute approximate surface area is 211 Å². The highest BCUT2D eigenvalue weighted by molar-refractivity contribution is 6.31. The van der Waals surface area contributed by atoms with E-state index >= 15 is 0 Å². The summed E-state index contributed by atoms with van der Waals surface area (Å²) in [4.78, 5) is 28.3. The van der Waals surface area contributed by atoms with Crippen LogP contribution in [0.3, 0.4) is 0 Å². The van der Waals surface area contributed by atoms with Crippen molar-refractivity contribution in [3.63, 3.8) is 0 Å². The number of nitrogens with one attached hydrogen (secondary N) is 3. The molecule has 0 aliphatic carbocycles. The molecule has 3 N–H and O–H groups in total. The van der Waals surface area contributed by atoms with Crippen LogP contribution in [-0.2, 0) is 0 Å². The SMILES string of the molecule is Cc1ccc(NC(=O)Nc2ccc(N3CCCCC3)c(C(=O)NC(C)c3ccccc3)c2)cc1Cl. The molecule has 1 heterocycles. The minimum atomic E-state index is -0.403. The average molecular weight is 491 g/mol. The minimum absolute atomic E-state index is 0.149. The van der Waals surface area contributed by atoms with E-state index in [0.717, 1.165) is 42.7 Å². The number of rotatable bonds is 6. The van der Waals surface area contributed by atoms with E-state index in [1.165, 1.54) is 6.42 Å². The van der Waals surface area contributed by atoms with Gasteiger partial charge in [-0.15, -0.1) is 0 Å². The number of halogens is 1. The Morgan fingerprint density at radius 1 is 0.886 bits per heavy atom. The molecule has 1 atom stereocenters. The Balaban J connectivity index is 1.54. The molecule has 1 fully saturated rings. The van der Waals surface area contributed by atoms with E-state index in [1.54, 1.807) is 18.2 Å². The summed E-state index contributed by atoms with van der Waals surface area (Å²) in [6.07, 6.45) is 3.40. The number of nitrogens with zero attached hydrogens (tertiary/aromatic N) is 1. The van der Waals surface area contributed by atoms with Crippen LogP contribution in [0.5, 0.6) is 0 Å². The van der Waals surface area contributed by atoms with Crippen LogP contribution in [0.4, 0.5) is 21.9 Å². The maximum Gasteiger partial charge on any atom is 0.323 e. The van der Waals surface area contributed by atoms with Crippen molar-refractivity contribution in [1.29, 1.82) is 0 Å². The van der Waals surface area contributed by atoms with Crippen LogP contribution in [0.1, 0.15) is 53.7 Å². The highest BCUT2D eigenvalue weighted by atomic mass is 35.5. The van der Waals surface area contributed by atoms with Crippen molar-refractivity contribution in [1.82, 2.24) is 5.32 Å². The Morgan fingerprint density at radius 3 is 2.23 bits per heavy atom. The zero-order valence-corrected chi connectivity index (χ0v) is 20.9. The van der Waals surface area contributed by atoms with Gasteiger partial charge in [0, 0.05) is 35.2 Å². The Kier molecular flexibility index (Phi) is 7.93. The summed E-state index contributed by atoms with van der Waals surface area (Å²) in [6, 6.07) is 20.2. The van der Waals surface area contributed by atoms with Gasteiger partial charge in [0.15, 0.2) is 0 Å². The van der Waals surface area contributed by atoms with Crippen molar-refractivity contribution in [2.24, 2.45) is 0 Å². The van der Waals surface area contributed by atoms with Gasteiger partial charge in [-0.1, -0.05) is 48.0 Å². The van der Waals surface area contributed by atoms with Crippen molar-refractivity contribution < 1.29 is 9.59 Å². The molecular weight excluding hydrogens is 460 g/mol. The molecule has 3 amide bonds. The number of aryl methyl sites for hydroxylation is 1. The highest BCUT2D eigenvalue weighted by Crippen LogP contribution is 2.28. The first kappa shape index (κ1) is 24.6. The van der Waals surface area contributed by atoms with E-state index in [2.05, 4.69) is 20.9 Å². The normalized spacial score (nSPS) is 14.2. The molecule has 0 saturated carbocycles. The molecule has 1 saturated heterocycles. The van der Waals surface area contributed by atoms with Crippen molar-refractivity contribution in [2.45, 2.75) is 39.2 Å². The number of carbonyl (C=O) groups excluding carboxylic acids is 2. The summed E-state index contributed by atoms with van der Waals surface area (Å²) in [5, 5.41) is 9.34. The maximum absolute atomic E-state index is 13.4. The number of benzene rings is 3. The fourth-order valence-corrected chi connectivity index (χ4v) is 4.45. The number of carbonyl (C=O) groups is 2. The van der Waals surface area contributed by atoms with Crippen LogP contribution in [0.2, 0.25) is 5.02 Å². The summed E-state index contributed by atoms with van der Waals surface area (Å²) < 4.78 is 0. The fourth-order valence-electron chi connectivity index (χ4n) is 4.27. The lowest BCUT2D eigenvalue weighted by Crippen LogP contribution is -2.33. The molecule has 1 aliphatic heterocycles. The van der Waals surface area contributed by atoms with Gasteiger partial charge in [-0.25, -0.2) is 4.79 Å². The van der Waals surface area contributed by atoms with Gasteiger partial charge < -0.3 is 20.9 Å². The number of anilines is 3. The molecule has 0 spiro atoms. The van der Waals surface area contributed by atoms with Crippen LogP contribution >= 0.6 is 11.6 Å². The number of hydrogen-bond donors (Lipinski definition) is 3. The predicted octanol–water partition coefficient (Wildman–Crippen LogP) is 6.77. The lowest BCUT2D eigenvalue weighted by atomic mass is 10.0. The number of hydrogen-bond acceptors (Lipinski definition) is 3. The molecule has 1 unspecified atom stereocenters. The Morgan fingerprint density at radius 2 is 1.54 bits per heavy atom. The zero-order chi connectivity index (χ0) is 24.8. The molecule has 35 heavy (non-hydrogen) atoms. The maximum atomic E-state index is 13.4. The van der Waals surface area contributed by atoms with Gasteiger partial charge in [0.1, 0.15) is 0 Å². The predicted molar refractivity (Wildman–Crippen MR) is 144 cm³/mol. The molecular formula is C28H31ClN4O2. The molecule has 0 radical (unpaired) electrons. The smallest absolute Gasteiger partial charge is 0.323 e. The van der Waals surface area contributed by atoms with Crippen LogP contribution in [0, 0.1) is 6.92 Å². The largest absolute Gasteiger partial charge is 0.371 e. The van der Waals surface area contributed by atoms with E-state index in [9.17, 15) is 9.59 Å². The minimum Gasteiger partial charge on any atom is -0.371 e. The van der Waals surface area contributed by atoms with E-state index in [1.807, 2.05) is 62.4 Å². The summed E-state index contributed by atoms with van der Waals surface area (Å²) in [6.45, 7) is 5.70. The van der Waals surface area contributed by atoms with E-state index < -0.39 is 6.03 Å². The Hall–Kier alpha value is -3.51.